The second-order valence-electron chi connectivity index (χ2n) is 7.94. The minimum absolute atomic E-state index is 0. The number of aromatic amines is 2. The number of aromatic nitrogens is 4. The summed E-state index contributed by atoms with van der Waals surface area (Å²) in [4.78, 5) is 28.1. The topological polar surface area (TPSA) is 94.7 Å². The fraction of sp³-hybridized carbons (Fsp3) is 0. The minimum atomic E-state index is -0.965. The maximum atomic E-state index is 11.9. The number of aromatic carboxylic acids is 1. The van der Waals surface area contributed by atoms with Crippen LogP contribution < -0.4 is 0 Å². The number of H-pyrrole nitrogens is 2. The second kappa shape index (κ2) is 8.63. The Morgan fingerprint density at radius 2 is 1.21 bits per heavy atom. The third-order valence-corrected chi connectivity index (χ3v) is 5.62. The Bertz CT molecular complexity index is 1660. The fourth-order valence-corrected chi connectivity index (χ4v) is 4.15. The van der Waals surface area contributed by atoms with Gasteiger partial charge in [0, 0.05) is 44.7 Å². The van der Waals surface area contributed by atoms with Crippen LogP contribution in [0, 0.1) is 0 Å². The van der Waals surface area contributed by atoms with E-state index in [9.17, 15) is 9.90 Å². The zero-order chi connectivity index (χ0) is 22.4. The van der Waals surface area contributed by atoms with Crippen LogP contribution in [0.3, 0.4) is 0 Å². The summed E-state index contributed by atoms with van der Waals surface area (Å²) in [5, 5.41) is 9.73. The molecule has 8 bridgehead atoms. The van der Waals surface area contributed by atoms with Crippen molar-refractivity contribution in [2.45, 2.75) is 0 Å². The molecule has 6 nitrogen and oxygen atoms in total. The summed E-state index contributed by atoms with van der Waals surface area (Å²) >= 11 is 0. The van der Waals surface area contributed by atoms with Crippen molar-refractivity contribution in [3.63, 3.8) is 0 Å². The van der Waals surface area contributed by atoms with Crippen LogP contribution in [0.2, 0.25) is 0 Å². The number of nitrogens with zero attached hydrogens (tertiary/aromatic N) is 2. The van der Waals surface area contributed by atoms with Crippen molar-refractivity contribution in [1.29, 1.82) is 0 Å². The van der Waals surface area contributed by atoms with Crippen LogP contribution in [0.1, 0.15) is 33.1 Å². The molecule has 165 valence electrons. The molecule has 7 heteroatoms. The van der Waals surface area contributed by atoms with Gasteiger partial charge in [0.15, 0.2) is 0 Å². The van der Waals surface area contributed by atoms with Gasteiger partial charge in [-0.15, -0.1) is 0 Å². The van der Waals surface area contributed by atoms with Crippen LogP contribution in [-0.2, 0) is 17.1 Å². The molecule has 3 N–H and O–H groups in total. The molecule has 2 aliphatic rings. The molecular weight excluding hydrogens is 467 g/mol. The molecule has 6 rings (SSSR count). The number of hydrogen-bond acceptors (Lipinski definition) is 3. The zero-order valence-electron chi connectivity index (χ0n) is 17.8. The van der Waals surface area contributed by atoms with E-state index >= 15 is 0 Å². The Morgan fingerprint density at radius 3 is 1.82 bits per heavy atom. The first-order valence-electron chi connectivity index (χ1n) is 10.5. The van der Waals surface area contributed by atoms with Gasteiger partial charge in [0.25, 0.3) is 0 Å². The summed E-state index contributed by atoms with van der Waals surface area (Å²) < 4.78 is 0. The molecule has 0 amide bonds. The van der Waals surface area contributed by atoms with Crippen molar-refractivity contribution >= 4 is 52.3 Å². The van der Waals surface area contributed by atoms with Crippen molar-refractivity contribution in [2.75, 3.05) is 0 Å². The number of hydrogen-bond donors (Lipinski definition) is 3. The molecule has 0 aliphatic carbocycles. The molecule has 4 aromatic rings. The van der Waals surface area contributed by atoms with E-state index in [0.717, 1.165) is 50.4 Å². The van der Waals surface area contributed by atoms with Crippen molar-refractivity contribution in [1.82, 2.24) is 19.9 Å². The van der Waals surface area contributed by atoms with E-state index in [2.05, 4.69) is 15.0 Å². The molecule has 1 radical (unpaired) electrons. The molecule has 0 atom stereocenters. The second-order valence-corrected chi connectivity index (χ2v) is 7.94. The van der Waals surface area contributed by atoms with E-state index in [-0.39, 0.29) is 22.6 Å². The molecule has 5 heterocycles. The summed E-state index contributed by atoms with van der Waals surface area (Å²) in [7, 11) is 0. The predicted molar refractivity (Wildman–Crippen MR) is 131 cm³/mol. The van der Waals surface area contributed by atoms with Gasteiger partial charge in [-0.2, -0.15) is 0 Å². The summed E-state index contributed by atoms with van der Waals surface area (Å²) in [5.74, 6) is -0.965. The van der Waals surface area contributed by atoms with Crippen molar-refractivity contribution < 1.29 is 27.0 Å². The van der Waals surface area contributed by atoms with E-state index in [1.54, 1.807) is 12.1 Å². The number of carbonyl (C=O) groups is 1. The van der Waals surface area contributed by atoms with E-state index in [1.165, 1.54) is 0 Å². The number of nitrogens with one attached hydrogen (secondary N) is 2. The maximum absolute atomic E-state index is 11.9. The first kappa shape index (κ1) is 21.6. The first-order valence-corrected chi connectivity index (χ1v) is 10.5. The van der Waals surface area contributed by atoms with Crippen LogP contribution in [0.5, 0.6) is 0 Å². The van der Waals surface area contributed by atoms with Crippen molar-refractivity contribution in [3.05, 3.63) is 95.1 Å². The van der Waals surface area contributed by atoms with Crippen LogP contribution in [0.25, 0.3) is 57.5 Å². The van der Waals surface area contributed by atoms with Gasteiger partial charge in [-0.3, -0.25) is 0 Å². The van der Waals surface area contributed by atoms with Gasteiger partial charge < -0.3 is 15.1 Å². The van der Waals surface area contributed by atoms with Gasteiger partial charge in [0.2, 0.25) is 0 Å². The van der Waals surface area contributed by atoms with Crippen LogP contribution in [-0.4, -0.2) is 31.0 Å². The third kappa shape index (κ3) is 4.10. The summed E-state index contributed by atoms with van der Waals surface area (Å²) in [6.45, 7) is 0. The molecule has 0 unspecified atom stereocenters. The Morgan fingerprint density at radius 1 is 0.647 bits per heavy atom. The molecule has 0 saturated carbocycles. The Balaban J connectivity index is 0.00000241. The van der Waals surface area contributed by atoms with Crippen molar-refractivity contribution in [2.24, 2.45) is 0 Å². The van der Waals surface area contributed by atoms with E-state index < -0.39 is 5.97 Å². The maximum Gasteiger partial charge on any atom is 0.336 e. The fourth-order valence-electron chi connectivity index (χ4n) is 4.15. The van der Waals surface area contributed by atoms with Gasteiger partial charge in [0.1, 0.15) is 0 Å². The number of carboxylic acids is 1. The number of carboxylic acid groups (broad SMARTS) is 1. The van der Waals surface area contributed by atoms with E-state index in [0.29, 0.717) is 5.56 Å². The Labute approximate surface area is 205 Å². The van der Waals surface area contributed by atoms with Gasteiger partial charge in [-0.25, -0.2) is 14.8 Å². The van der Waals surface area contributed by atoms with Gasteiger partial charge in [-0.1, -0.05) is 18.2 Å². The average Bonchev–Trinajstić information content (AvgIpc) is 3.59. The molecule has 0 fully saturated rings. The van der Waals surface area contributed by atoms with Crippen molar-refractivity contribution in [3.8, 4) is 11.1 Å². The largest absolute Gasteiger partial charge is 0.478 e. The monoisotopic (exact) mass is 485 g/mol. The Kier molecular flexibility index (Phi) is 5.49. The minimum Gasteiger partial charge on any atom is -0.478 e. The quantitative estimate of drug-likeness (QED) is 0.262. The normalized spacial score (nSPS) is 11.9. The van der Waals surface area contributed by atoms with Crippen LogP contribution >= 0.6 is 0 Å². The number of fused-ring (bicyclic) bond motifs is 8. The smallest absolute Gasteiger partial charge is 0.336 e. The van der Waals surface area contributed by atoms with Crippen LogP contribution in [0.15, 0.2) is 66.7 Å². The number of benzene rings is 1. The van der Waals surface area contributed by atoms with E-state index in [1.807, 2.05) is 78.9 Å². The van der Waals surface area contributed by atoms with E-state index in [4.69, 9.17) is 4.98 Å². The molecule has 1 aromatic carbocycles. The van der Waals surface area contributed by atoms with Gasteiger partial charge >= 0.3 is 5.97 Å². The standard InChI is InChI=1S/C27H18N4O2.Mn/c32-27(33)24-4-2-1-3-23(24)25-14-22-13-20-8-7-18(29-20)11-16-5-6-17(28-16)12-19-9-10-21(30-19)15-26(25)31-22;/h1-15,28,31H,(H,32,33);. The molecular formula is C27H18MnN4O2. The summed E-state index contributed by atoms with van der Waals surface area (Å²) in [6, 6.07) is 20.9. The molecule has 0 saturated heterocycles. The van der Waals surface area contributed by atoms with Gasteiger partial charge in [0.05, 0.1) is 28.3 Å². The van der Waals surface area contributed by atoms with Gasteiger partial charge in [-0.05, 0) is 78.4 Å². The SMILES string of the molecule is O=C(O)c1ccccc1-c1cc2cc3nc(cc4ccc(cc5nc(cc1[nH]2)C=C5)[nH]4)C=C3.[Mn]. The zero-order valence-corrected chi connectivity index (χ0v) is 19.0. The molecule has 2 aliphatic heterocycles. The molecule has 0 spiro atoms. The first-order chi connectivity index (χ1) is 16.1. The predicted octanol–water partition coefficient (Wildman–Crippen LogP) is 6.02. The third-order valence-electron chi connectivity index (χ3n) is 5.62. The summed E-state index contributed by atoms with van der Waals surface area (Å²) in [5.41, 5.74) is 8.50. The molecule has 34 heavy (non-hydrogen) atoms. The van der Waals surface area contributed by atoms with Crippen LogP contribution in [0.4, 0.5) is 0 Å². The summed E-state index contributed by atoms with van der Waals surface area (Å²) in [6.07, 6.45) is 7.83. The average molecular weight is 485 g/mol. The molecule has 3 aromatic heterocycles. The number of rotatable bonds is 2. The Hall–Kier alpha value is -4.19.